The van der Waals surface area contributed by atoms with Crippen molar-refractivity contribution in [3.8, 4) is 0 Å². The second-order valence-electron chi connectivity index (χ2n) is 6.39. The van der Waals surface area contributed by atoms with Crippen molar-refractivity contribution in [3.05, 3.63) is 77.9 Å². The van der Waals surface area contributed by atoms with E-state index in [1.807, 2.05) is 31.2 Å². The standard InChI is InChI=1S/C21H23N5O2/c1-2-14-7-3-5-9-18(14)25-20(27)16-8-4-6-10-19(16)26-21(28)17(22)11-15-12-23-13-24-15/h3-10,12-13,17H,2,11,22H2,1H3,(H,23,24)(H,25,27)(H,26,28)/t17-/m0/s1. The number of aromatic nitrogens is 2. The molecule has 3 aromatic rings. The van der Waals surface area contributed by atoms with Crippen LogP contribution in [0.1, 0.15) is 28.5 Å². The number of carbonyl (C=O) groups excluding carboxylic acids is 2. The van der Waals surface area contributed by atoms with Gasteiger partial charge in [0.25, 0.3) is 5.91 Å². The number of benzene rings is 2. The highest BCUT2D eigenvalue weighted by Crippen LogP contribution is 2.20. The molecular weight excluding hydrogens is 354 g/mol. The van der Waals surface area contributed by atoms with Crippen molar-refractivity contribution in [2.75, 3.05) is 10.6 Å². The van der Waals surface area contributed by atoms with Crippen LogP contribution in [0.2, 0.25) is 0 Å². The van der Waals surface area contributed by atoms with E-state index in [0.29, 0.717) is 17.7 Å². The number of H-pyrrole nitrogens is 1. The van der Waals surface area contributed by atoms with Crippen LogP contribution < -0.4 is 16.4 Å². The van der Waals surface area contributed by atoms with Gasteiger partial charge >= 0.3 is 0 Å². The van der Waals surface area contributed by atoms with E-state index in [0.717, 1.165) is 23.4 Å². The number of aromatic amines is 1. The molecule has 0 aliphatic carbocycles. The van der Waals surface area contributed by atoms with Gasteiger partial charge in [0.1, 0.15) is 0 Å². The highest BCUT2D eigenvalue weighted by atomic mass is 16.2. The summed E-state index contributed by atoms with van der Waals surface area (Å²) in [6.07, 6.45) is 4.29. The molecule has 0 aliphatic rings. The van der Waals surface area contributed by atoms with Gasteiger partial charge in [0.15, 0.2) is 0 Å². The number of nitrogens with zero attached hydrogens (tertiary/aromatic N) is 1. The Balaban J connectivity index is 1.73. The third-order valence-corrected chi connectivity index (χ3v) is 4.41. The number of nitrogens with two attached hydrogens (primary N) is 1. The molecule has 5 N–H and O–H groups in total. The van der Waals surface area contributed by atoms with Gasteiger partial charge in [-0.2, -0.15) is 0 Å². The lowest BCUT2D eigenvalue weighted by Gasteiger charge is -2.15. The SMILES string of the molecule is CCc1ccccc1NC(=O)c1ccccc1NC(=O)[C@@H](N)Cc1cnc[nH]1. The summed E-state index contributed by atoms with van der Waals surface area (Å²) in [5.41, 5.74) is 9.34. The van der Waals surface area contributed by atoms with Gasteiger partial charge in [-0.05, 0) is 30.2 Å². The Morgan fingerprint density at radius 3 is 2.50 bits per heavy atom. The van der Waals surface area contributed by atoms with Crippen LogP contribution in [0.3, 0.4) is 0 Å². The van der Waals surface area contributed by atoms with Crippen molar-refractivity contribution in [2.45, 2.75) is 25.8 Å². The Labute approximate surface area is 163 Å². The minimum absolute atomic E-state index is 0.293. The van der Waals surface area contributed by atoms with E-state index in [1.165, 1.54) is 6.33 Å². The molecule has 0 fully saturated rings. The van der Waals surface area contributed by atoms with Crippen LogP contribution in [0, 0.1) is 0 Å². The zero-order chi connectivity index (χ0) is 19.9. The lowest BCUT2D eigenvalue weighted by atomic mass is 10.1. The van der Waals surface area contributed by atoms with Gasteiger partial charge in [-0.3, -0.25) is 9.59 Å². The van der Waals surface area contributed by atoms with Crippen molar-refractivity contribution >= 4 is 23.2 Å². The monoisotopic (exact) mass is 377 g/mol. The van der Waals surface area contributed by atoms with E-state index in [9.17, 15) is 9.59 Å². The molecule has 28 heavy (non-hydrogen) atoms. The van der Waals surface area contributed by atoms with E-state index in [-0.39, 0.29) is 11.8 Å². The van der Waals surface area contributed by atoms with Crippen LogP contribution in [0.5, 0.6) is 0 Å². The van der Waals surface area contributed by atoms with Gasteiger partial charge in [-0.1, -0.05) is 37.3 Å². The van der Waals surface area contributed by atoms with Gasteiger partial charge in [-0.15, -0.1) is 0 Å². The summed E-state index contributed by atoms with van der Waals surface area (Å²) in [5.74, 6) is -0.664. The van der Waals surface area contributed by atoms with Gasteiger partial charge < -0.3 is 21.4 Å². The Bertz CT molecular complexity index is 953. The number of hydrogen-bond donors (Lipinski definition) is 4. The average Bonchev–Trinajstić information content (AvgIpc) is 3.21. The third kappa shape index (κ3) is 4.63. The summed E-state index contributed by atoms with van der Waals surface area (Å²) in [4.78, 5) is 32.1. The van der Waals surface area contributed by atoms with Crippen LogP contribution in [-0.2, 0) is 17.6 Å². The minimum Gasteiger partial charge on any atom is -0.348 e. The quantitative estimate of drug-likeness (QED) is 0.507. The first-order valence-electron chi connectivity index (χ1n) is 9.10. The van der Waals surface area contributed by atoms with Crippen LogP contribution in [0.25, 0.3) is 0 Å². The van der Waals surface area contributed by atoms with E-state index >= 15 is 0 Å². The van der Waals surface area contributed by atoms with E-state index < -0.39 is 6.04 Å². The van der Waals surface area contributed by atoms with Crippen LogP contribution in [0.4, 0.5) is 11.4 Å². The fourth-order valence-electron chi connectivity index (χ4n) is 2.88. The molecule has 0 spiro atoms. The molecule has 0 saturated carbocycles. The molecular formula is C21H23N5O2. The summed E-state index contributed by atoms with van der Waals surface area (Å²) < 4.78 is 0. The summed E-state index contributed by atoms with van der Waals surface area (Å²) in [6.45, 7) is 2.03. The maximum absolute atomic E-state index is 12.8. The Kier molecular flexibility index (Phi) is 6.18. The normalized spacial score (nSPS) is 11.6. The number of amides is 2. The molecule has 1 heterocycles. The average molecular weight is 377 g/mol. The van der Waals surface area contributed by atoms with Crippen LogP contribution >= 0.6 is 0 Å². The molecule has 7 heteroatoms. The largest absolute Gasteiger partial charge is 0.348 e. The van der Waals surface area contributed by atoms with Gasteiger partial charge in [0, 0.05) is 24.0 Å². The smallest absolute Gasteiger partial charge is 0.257 e. The molecule has 144 valence electrons. The molecule has 0 saturated heterocycles. The van der Waals surface area contributed by atoms with Gasteiger partial charge in [0.2, 0.25) is 5.91 Å². The highest BCUT2D eigenvalue weighted by Gasteiger charge is 2.18. The summed E-state index contributed by atoms with van der Waals surface area (Å²) in [7, 11) is 0. The molecule has 0 bridgehead atoms. The second-order valence-corrected chi connectivity index (χ2v) is 6.39. The number of hydrogen-bond acceptors (Lipinski definition) is 4. The van der Waals surface area contributed by atoms with Crippen molar-refractivity contribution in [2.24, 2.45) is 5.73 Å². The zero-order valence-electron chi connectivity index (χ0n) is 15.6. The molecule has 1 atom stereocenters. The summed E-state index contributed by atoms with van der Waals surface area (Å²) >= 11 is 0. The van der Waals surface area contributed by atoms with Crippen molar-refractivity contribution < 1.29 is 9.59 Å². The van der Waals surface area contributed by atoms with Crippen LogP contribution in [-0.4, -0.2) is 27.8 Å². The van der Waals surface area contributed by atoms with Crippen molar-refractivity contribution in [1.29, 1.82) is 0 Å². The molecule has 3 rings (SSSR count). The maximum atomic E-state index is 12.8. The summed E-state index contributed by atoms with van der Waals surface area (Å²) in [5, 5.41) is 5.68. The van der Waals surface area contributed by atoms with E-state index in [2.05, 4.69) is 20.6 Å². The minimum atomic E-state index is -0.766. The number of aryl methyl sites for hydroxylation is 1. The molecule has 2 amide bonds. The molecule has 0 radical (unpaired) electrons. The Morgan fingerprint density at radius 1 is 1.07 bits per heavy atom. The fourth-order valence-corrected chi connectivity index (χ4v) is 2.88. The fraction of sp³-hybridized carbons (Fsp3) is 0.190. The topological polar surface area (TPSA) is 113 Å². The molecule has 0 unspecified atom stereocenters. The first-order valence-corrected chi connectivity index (χ1v) is 9.10. The lowest BCUT2D eigenvalue weighted by Crippen LogP contribution is -2.38. The third-order valence-electron chi connectivity index (χ3n) is 4.41. The molecule has 1 aromatic heterocycles. The van der Waals surface area contributed by atoms with Crippen molar-refractivity contribution in [3.63, 3.8) is 0 Å². The zero-order valence-corrected chi connectivity index (χ0v) is 15.6. The Hall–Kier alpha value is -3.45. The second kappa shape index (κ2) is 8.96. The Morgan fingerprint density at radius 2 is 1.79 bits per heavy atom. The molecule has 7 nitrogen and oxygen atoms in total. The number of anilines is 2. The molecule has 0 aliphatic heterocycles. The van der Waals surface area contributed by atoms with Gasteiger partial charge in [0.05, 0.1) is 23.6 Å². The number of imidazole rings is 1. The molecule has 2 aromatic carbocycles. The van der Waals surface area contributed by atoms with Crippen LogP contribution in [0.15, 0.2) is 61.1 Å². The van der Waals surface area contributed by atoms with E-state index in [1.54, 1.807) is 30.5 Å². The number of rotatable bonds is 7. The van der Waals surface area contributed by atoms with E-state index in [4.69, 9.17) is 5.73 Å². The first-order chi connectivity index (χ1) is 13.6. The maximum Gasteiger partial charge on any atom is 0.257 e. The number of para-hydroxylation sites is 2. The number of carbonyl (C=O) groups is 2. The number of nitrogens with one attached hydrogen (secondary N) is 3. The summed E-state index contributed by atoms with van der Waals surface area (Å²) in [6, 6.07) is 13.7. The first kappa shape index (κ1) is 19.3. The van der Waals surface area contributed by atoms with Gasteiger partial charge in [-0.25, -0.2) is 4.98 Å². The highest BCUT2D eigenvalue weighted by molar-refractivity contribution is 6.10. The lowest BCUT2D eigenvalue weighted by molar-refractivity contribution is -0.117. The predicted molar refractivity (Wildman–Crippen MR) is 109 cm³/mol. The predicted octanol–water partition coefficient (Wildman–Crippen LogP) is 2.73. The van der Waals surface area contributed by atoms with Crippen molar-refractivity contribution in [1.82, 2.24) is 9.97 Å².